The van der Waals surface area contributed by atoms with Crippen LogP contribution in [0.1, 0.15) is 11.4 Å². The van der Waals surface area contributed by atoms with Gasteiger partial charge in [0.15, 0.2) is 0 Å². The van der Waals surface area contributed by atoms with Gasteiger partial charge < -0.3 is 19.7 Å². The molecule has 0 radical (unpaired) electrons. The third-order valence-corrected chi connectivity index (χ3v) is 4.62. The molecule has 1 aliphatic heterocycles. The zero-order valence-electron chi connectivity index (χ0n) is 14.5. The molecule has 1 aliphatic rings. The van der Waals surface area contributed by atoms with E-state index >= 15 is 0 Å². The van der Waals surface area contributed by atoms with Gasteiger partial charge in [0.1, 0.15) is 23.2 Å². The highest BCUT2D eigenvalue weighted by Gasteiger charge is 2.30. The molecule has 6 heteroatoms. The molecule has 0 amide bonds. The number of H-pyrrole nitrogens is 1. The summed E-state index contributed by atoms with van der Waals surface area (Å²) in [5.74, 6) is 1.72. The molecule has 0 saturated heterocycles. The van der Waals surface area contributed by atoms with E-state index in [4.69, 9.17) is 10.1 Å². The summed E-state index contributed by atoms with van der Waals surface area (Å²) in [6, 6.07) is 15.7. The fourth-order valence-corrected chi connectivity index (χ4v) is 3.22. The second-order valence-electron chi connectivity index (χ2n) is 6.30. The molecule has 2 heterocycles. The van der Waals surface area contributed by atoms with Gasteiger partial charge in [0, 0.05) is 12.6 Å². The molecule has 0 spiro atoms. The zero-order chi connectivity index (χ0) is 18.1. The predicted molar refractivity (Wildman–Crippen MR) is 102 cm³/mol. The van der Waals surface area contributed by atoms with Crippen LogP contribution in [0.3, 0.4) is 0 Å². The molecule has 4 rings (SSSR count). The molecule has 1 aromatic heterocycles. The molecule has 0 atom stereocenters. The summed E-state index contributed by atoms with van der Waals surface area (Å²) in [4.78, 5) is 9.58. The molecule has 0 unspecified atom stereocenters. The van der Waals surface area contributed by atoms with Crippen LogP contribution in [0.2, 0.25) is 0 Å². The van der Waals surface area contributed by atoms with Gasteiger partial charge in [-0.1, -0.05) is 30.3 Å². The van der Waals surface area contributed by atoms with Crippen molar-refractivity contribution in [1.29, 1.82) is 5.41 Å². The Bertz CT molecular complexity index is 991. The average Bonchev–Trinajstić information content (AvgIpc) is 3.20. The van der Waals surface area contributed by atoms with Gasteiger partial charge in [0.05, 0.1) is 30.3 Å². The van der Waals surface area contributed by atoms with E-state index < -0.39 is 0 Å². The van der Waals surface area contributed by atoms with Gasteiger partial charge in [-0.05, 0) is 24.1 Å². The Hall–Kier alpha value is -3.28. The van der Waals surface area contributed by atoms with Crippen molar-refractivity contribution in [3.8, 4) is 5.75 Å². The highest BCUT2D eigenvalue weighted by Crippen LogP contribution is 2.28. The lowest BCUT2D eigenvalue weighted by atomic mass is 10.1. The molecule has 0 saturated carbocycles. The number of hydrogen-bond acceptors (Lipinski definition) is 4. The summed E-state index contributed by atoms with van der Waals surface area (Å²) in [7, 11) is 1.62. The second-order valence-corrected chi connectivity index (χ2v) is 6.30. The summed E-state index contributed by atoms with van der Waals surface area (Å²) in [6.45, 7) is 1.01. The average molecular weight is 348 g/mol. The number of ether oxygens (including phenoxy) is 1. The minimum atomic E-state index is 0.175. The number of methoxy groups -OCH3 is 1. The Morgan fingerprint density at radius 2 is 2.04 bits per heavy atom. The molecule has 3 aromatic rings. The number of nitrogens with zero attached hydrogens (tertiary/aromatic N) is 2. The Kier molecular flexibility index (Phi) is 4.08. The fourth-order valence-electron chi connectivity index (χ4n) is 3.22. The first-order chi connectivity index (χ1) is 12.7. The third-order valence-electron chi connectivity index (χ3n) is 4.62. The Balaban J connectivity index is 1.55. The molecule has 0 fully saturated rings. The van der Waals surface area contributed by atoms with Crippen molar-refractivity contribution in [3.63, 3.8) is 0 Å². The molecule has 2 aromatic carbocycles. The summed E-state index contributed by atoms with van der Waals surface area (Å²) in [5, 5.41) is 18.9. The van der Waals surface area contributed by atoms with E-state index in [-0.39, 0.29) is 5.76 Å². The second kappa shape index (κ2) is 6.55. The first-order valence-electron chi connectivity index (χ1n) is 8.50. The van der Waals surface area contributed by atoms with Gasteiger partial charge in [-0.2, -0.15) is 0 Å². The number of rotatable bonds is 5. The summed E-state index contributed by atoms with van der Waals surface area (Å²) in [5.41, 5.74) is 3.27. The van der Waals surface area contributed by atoms with Gasteiger partial charge in [-0.3, -0.25) is 5.41 Å². The molecule has 6 nitrogen and oxygen atoms in total. The maximum Gasteiger partial charge on any atom is 0.145 e. The van der Waals surface area contributed by atoms with Gasteiger partial charge in [-0.15, -0.1) is 0 Å². The highest BCUT2D eigenvalue weighted by atomic mass is 16.5. The van der Waals surface area contributed by atoms with Crippen LogP contribution in [0.25, 0.3) is 16.6 Å². The summed E-state index contributed by atoms with van der Waals surface area (Å²) in [6.07, 6.45) is 0.821. The van der Waals surface area contributed by atoms with E-state index in [1.54, 1.807) is 7.11 Å². The topological polar surface area (TPSA) is 85.2 Å². The largest absolute Gasteiger partial charge is 0.510 e. The number of aromatic amines is 1. The first kappa shape index (κ1) is 16.2. The predicted octanol–water partition coefficient (Wildman–Crippen LogP) is 3.38. The van der Waals surface area contributed by atoms with Crippen LogP contribution in [-0.2, 0) is 6.42 Å². The molecule has 0 bridgehead atoms. The van der Waals surface area contributed by atoms with Crippen molar-refractivity contribution in [1.82, 2.24) is 14.9 Å². The van der Waals surface area contributed by atoms with E-state index in [1.807, 2.05) is 41.3 Å². The number of aliphatic hydroxyl groups excluding tert-OH is 1. The van der Waals surface area contributed by atoms with Gasteiger partial charge in [0.2, 0.25) is 0 Å². The van der Waals surface area contributed by atoms with E-state index in [9.17, 15) is 5.11 Å². The Morgan fingerprint density at radius 1 is 1.23 bits per heavy atom. The lowest BCUT2D eigenvalue weighted by molar-refractivity contribution is 0.351. The zero-order valence-corrected chi connectivity index (χ0v) is 14.5. The number of benzene rings is 2. The van der Waals surface area contributed by atoms with E-state index in [1.165, 1.54) is 5.56 Å². The molecule has 26 heavy (non-hydrogen) atoms. The fraction of sp³-hybridized carbons (Fsp3) is 0.200. The molecule has 3 N–H and O–H groups in total. The normalized spacial score (nSPS) is 14.5. The Morgan fingerprint density at radius 3 is 2.81 bits per heavy atom. The number of aromatic nitrogens is 2. The number of fused-ring (bicyclic) bond motifs is 1. The lowest BCUT2D eigenvalue weighted by Crippen LogP contribution is -2.29. The van der Waals surface area contributed by atoms with E-state index in [0.717, 1.165) is 23.2 Å². The monoisotopic (exact) mass is 348 g/mol. The minimum Gasteiger partial charge on any atom is -0.510 e. The van der Waals surface area contributed by atoms with Crippen LogP contribution >= 0.6 is 0 Å². The van der Waals surface area contributed by atoms with Crippen LogP contribution in [-0.4, -0.2) is 46.0 Å². The molecular formula is C20H20N4O2. The maximum atomic E-state index is 10.4. The first-order valence-corrected chi connectivity index (χ1v) is 8.50. The van der Waals surface area contributed by atoms with Crippen molar-refractivity contribution in [2.24, 2.45) is 0 Å². The van der Waals surface area contributed by atoms with Gasteiger partial charge >= 0.3 is 0 Å². The van der Waals surface area contributed by atoms with Crippen molar-refractivity contribution >= 4 is 22.4 Å². The smallest absolute Gasteiger partial charge is 0.145 e. The van der Waals surface area contributed by atoms with Crippen LogP contribution in [0, 0.1) is 5.41 Å². The van der Waals surface area contributed by atoms with Crippen LogP contribution in [0.15, 0.2) is 54.3 Å². The number of aliphatic hydroxyl groups is 1. The third kappa shape index (κ3) is 2.90. The standard InChI is InChI=1S/C20H20N4O2/c1-26-14-7-8-15-16(11-14)23-20(22-15)18-17(25)12-24(19(18)21)10-9-13-5-3-2-4-6-13/h2-8,11,21,25H,9-10,12H2,1H3,(H,22,23). The van der Waals surface area contributed by atoms with Crippen molar-refractivity contribution < 1.29 is 9.84 Å². The Labute approximate surface area is 151 Å². The van der Waals surface area contributed by atoms with Crippen LogP contribution in [0.5, 0.6) is 5.75 Å². The lowest BCUT2D eigenvalue weighted by Gasteiger charge is -2.18. The van der Waals surface area contributed by atoms with Crippen molar-refractivity contribution in [2.45, 2.75) is 6.42 Å². The van der Waals surface area contributed by atoms with E-state index in [0.29, 0.717) is 30.3 Å². The van der Waals surface area contributed by atoms with Crippen LogP contribution in [0.4, 0.5) is 0 Å². The molecular weight excluding hydrogens is 328 g/mol. The molecule has 132 valence electrons. The quantitative estimate of drug-likeness (QED) is 0.660. The number of nitrogens with one attached hydrogen (secondary N) is 2. The number of imidazole rings is 1. The number of hydrogen-bond donors (Lipinski definition) is 3. The van der Waals surface area contributed by atoms with E-state index in [2.05, 4.69) is 22.1 Å². The van der Waals surface area contributed by atoms with Crippen molar-refractivity contribution in [2.75, 3.05) is 20.2 Å². The maximum absolute atomic E-state index is 10.4. The van der Waals surface area contributed by atoms with Crippen molar-refractivity contribution in [3.05, 3.63) is 65.7 Å². The minimum absolute atomic E-state index is 0.175. The number of amidine groups is 1. The molecule has 0 aliphatic carbocycles. The highest BCUT2D eigenvalue weighted by molar-refractivity contribution is 6.23. The summed E-state index contributed by atoms with van der Waals surface area (Å²) >= 11 is 0. The van der Waals surface area contributed by atoms with Gasteiger partial charge in [-0.25, -0.2) is 4.98 Å². The van der Waals surface area contributed by atoms with Crippen LogP contribution < -0.4 is 4.74 Å². The van der Waals surface area contributed by atoms with Gasteiger partial charge in [0.25, 0.3) is 0 Å². The SMILES string of the molecule is COc1ccc2nc(C3=C(O)CN(CCc4ccccc4)C3=N)[nH]c2c1. The summed E-state index contributed by atoms with van der Waals surface area (Å²) < 4.78 is 5.23.